The predicted octanol–water partition coefficient (Wildman–Crippen LogP) is 1.36. The van der Waals surface area contributed by atoms with E-state index in [0.717, 1.165) is 5.69 Å². The molecule has 0 radical (unpaired) electrons. The number of ether oxygens (including phenoxy) is 1. The first-order chi connectivity index (χ1) is 7.87. The molecule has 0 spiro atoms. The van der Waals surface area contributed by atoms with Gasteiger partial charge in [-0.05, 0) is 33.8 Å². The number of nitrogens with one attached hydrogen (secondary N) is 1. The summed E-state index contributed by atoms with van der Waals surface area (Å²) < 4.78 is 5.77. The second kappa shape index (κ2) is 4.14. The molecule has 0 saturated carbocycles. The van der Waals surface area contributed by atoms with Crippen LogP contribution in [0.1, 0.15) is 37.0 Å². The summed E-state index contributed by atoms with van der Waals surface area (Å²) in [6, 6.07) is 1.77. The zero-order chi connectivity index (χ0) is 12.6. The van der Waals surface area contributed by atoms with E-state index in [1.54, 1.807) is 6.07 Å². The van der Waals surface area contributed by atoms with Gasteiger partial charge in [0.2, 0.25) is 0 Å². The van der Waals surface area contributed by atoms with Gasteiger partial charge in [-0.3, -0.25) is 9.89 Å². The molecule has 1 aromatic rings. The third-order valence-electron chi connectivity index (χ3n) is 2.78. The Balaban J connectivity index is 2.14. The van der Waals surface area contributed by atoms with Crippen molar-refractivity contribution in [3.8, 4) is 0 Å². The molecule has 1 aromatic heterocycles. The molecular formula is C12H19N3O2. The number of nitrogens with zero attached hydrogens (tertiary/aromatic N) is 2. The van der Waals surface area contributed by atoms with Gasteiger partial charge in [0, 0.05) is 18.8 Å². The fourth-order valence-corrected chi connectivity index (χ4v) is 2.30. The van der Waals surface area contributed by atoms with Gasteiger partial charge in [-0.25, -0.2) is 0 Å². The van der Waals surface area contributed by atoms with E-state index in [4.69, 9.17) is 4.74 Å². The third-order valence-corrected chi connectivity index (χ3v) is 2.78. The van der Waals surface area contributed by atoms with Crippen LogP contribution in [0.25, 0.3) is 0 Å². The molecule has 17 heavy (non-hydrogen) atoms. The highest BCUT2D eigenvalue weighted by molar-refractivity contribution is 5.92. The summed E-state index contributed by atoms with van der Waals surface area (Å²) in [5.74, 6) is -0.0300. The molecule has 0 aromatic carbocycles. The van der Waals surface area contributed by atoms with Crippen molar-refractivity contribution in [3.63, 3.8) is 0 Å². The van der Waals surface area contributed by atoms with E-state index in [-0.39, 0.29) is 17.6 Å². The zero-order valence-electron chi connectivity index (χ0n) is 10.8. The molecule has 0 bridgehead atoms. The summed E-state index contributed by atoms with van der Waals surface area (Å²) in [5.41, 5.74) is 1.08. The standard InChI is InChI=1S/C12H19N3O2/c1-8-5-10(14-13-8)11(16)15-6-9(2)17-12(3,4)7-15/h5,9H,6-7H2,1-4H3,(H,13,14)/t9-/m0/s1. The van der Waals surface area contributed by atoms with Crippen LogP contribution in [0.2, 0.25) is 0 Å². The molecule has 94 valence electrons. The van der Waals surface area contributed by atoms with Crippen molar-refractivity contribution >= 4 is 5.91 Å². The minimum atomic E-state index is -0.293. The molecule has 2 rings (SSSR count). The predicted molar refractivity (Wildman–Crippen MR) is 63.9 cm³/mol. The van der Waals surface area contributed by atoms with Crippen molar-refractivity contribution in [2.24, 2.45) is 0 Å². The molecule has 1 amide bonds. The minimum absolute atomic E-state index is 0.0300. The van der Waals surface area contributed by atoms with Crippen LogP contribution in [0.4, 0.5) is 0 Å². The number of hydrogen-bond donors (Lipinski definition) is 1. The van der Waals surface area contributed by atoms with E-state index in [1.807, 2.05) is 32.6 Å². The lowest BCUT2D eigenvalue weighted by Gasteiger charge is -2.41. The average Bonchev–Trinajstić information content (AvgIpc) is 2.60. The van der Waals surface area contributed by atoms with Crippen LogP contribution in [0.15, 0.2) is 6.07 Å². The molecule has 0 aliphatic carbocycles. The van der Waals surface area contributed by atoms with Crippen LogP contribution >= 0.6 is 0 Å². The smallest absolute Gasteiger partial charge is 0.274 e. The molecule has 1 atom stereocenters. The first-order valence-corrected chi connectivity index (χ1v) is 5.86. The van der Waals surface area contributed by atoms with Crippen LogP contribution in [0.3, 0.4) is 0 Å². The van der Waals surface area contributed by atoms with E-state index in [1.165, 1.54) is 0 Å². The highest BCUT2D eigenvalue weighted by atomic mass is 16.5. The molecule has 5 nitrogen and oxygen atoms in total. The average molecular weight is 237 g/mol. The van der Waals surface area contributed by atoms with Gasteiger partial charge in [-0.15, -0.1) is 0 Å². The van der Waals surface area contributed by atoms with Crippen molar-refractivity contribution in [2.45, 2.75) is 39.4 Å². The maximum Gasteiger partial charge on any atom is 0.274 e. The summed E-state index contributed by atoms with van der Waals surface area (Å²) in [6.07, 6.45) is 0.0581. The SMILES string of the molecule is Cc1cc(C(=O)N2C[C@H](C)OC(C)(C)C2)n[nH]1. The highest BCUT2D eigenvalue weighted by Gasteiger charge is 2.34. The van der Waals surface area contributed by atoms with E-state index in [2.05, 4.69) is 10.2 Å². The number of hydrogen-bond acceptors (Lipinski definition) is 3. The Bertz CT molecular complexity index is 425. The Kier molecular flexibility index (Phi) is 2.95. The van der Waals surface area contributed by atoms with Crippen LogP contribution < -0.4 is 0 Å². The fraction of sp³-hybridized carbons (Fsp3) is 0.667. The summed E-state index contributed by atoms with van der Waals surface area (Å²) >= 11 is 0. The van der Waals surface area contributed by atoms with Gasteiger partial charge >= 0.3 is 0 Å². The molecular weight excluding hydrogens is 218 g/mol. The molecule has 1 aliphatic heterocycles. The number of carbonyl (C=O) groups excluding carboxylic acids is 1. The van der Waals surface area contributed by atoms with Crippen molar-refractivity contribution in [1.82, 2.24) is 15.1 Å². The zero-order valence-corrected chi connectivity index (χ0v) is 10.8. The Morgan fingerprint density at radius 3 is 2.88 bits per heavy atom. The second-order valence-electron chi connectivity index (χ2n) is 5.31. The molecule has 0 unspecified atom stereocenters. The lowest BCUT2D eigenvalue weighted by Crippen LogP contribution is -2.53. The van der Waals surface area contributed by atoms with Crippen molar-refractivity contribution in [3.05, 3.63) is 17.5 Å². The first-order valence-electron chi connectivity index (χ1n) is 5.86. The Morgan fingerprint density at radius 2 is 2.35 bits per heavy atom. The molecule has 1 aliphatic rings. The number of aromatic amines is 1. The highest BCUT2D eigenvalue weighted by Crippen LogP contribution is 2.21. The molecule has 1 N–H and O–H groups in total. The number of aryl methyl sites for hydroxylation is 1. The van der Waals surface area contributed by atoms with Gasteiger partial charge in [0.25, 0.3) is 5.91 Å². The summed E-state index contributed by atoms with van der Waals surface area (Å²) in [4.78, 5) is 14.0. The quantitative estimate of drug-likeness (QED) is 0.802. The molecule has 5 heteroatoms. The second-order valence-corrected chi connectivity index (χ2v) is 5.31. The number of morpholine rings is 1. The van der Waals surface area contributed by atoms with Gasteiger partial charge in [0.05, 0.1) is 11.7 Å². The minimum Gasteiger partial charge on any atom is -0.369 e. The Labute approximate surface area is 101 Å². The monoisotopic (exact) mass is 237 g/mol. The van der Waals surface area contributed by atoms with Crippen LogP contribution in [0.5, 0.6) is 0 Å². The number of aromatic nitrogens is 2. The topological polar surface area (TPSA) is 58.2 Å². The van der Waals surface area contributed by atoms with Crippen LogP contribution in [-0.4, -0.2) is 45.8 Å². The molecule has 1 saturated heterocycles. The van der Waals surface area contributed by atoms with Crippen LogP contribution in [0, 0.1) is 6.92 Å². The van der Waals surface area contributed by atoms with E-state index in [0.29, 0.717) is 18.8 Å². The van der Waals surface area contributed by atoms with Crippen LogP contribution in [-0.2, 0) is 4.74 Å². The maximum atomic E-state index is 12.2. The van der Waals surface area contributed by atoms with Gasteiger partial charge in [0.15, 0.2) is 0 Å². The Hall–Kier alpha value is -1.36. The lowest BCUT2D eigenvalue weighted by atomic mass is 10.1. The number of H-pyrrole nitrogens is 1. The third kappa shape index (κ3) is 2.66. The largest absolute Gasteiger partial charge is 0.369 e. The molecule has 2 heterocycles. The number of carbonyl (C=O) groups is 1. The van der Waals surface area contributed by atoms with Gasteiger partial charge < -0.3 is 9.64 Å². The van der Waals surface area contributed by atoms with Gasteiger partial charge in [-0.1, -0.05) is 0 Å². The van der Waals surface area contributed by atoms with Crippen molar-refractivity contribution in [1.29, 1.82) is 0 Å². The molecule has 1 fully saturated rings. The normalized spacial score (nSPS) is 23.8. The van der Waals surface area contributed by atoms with Crippen molar-refractivity contribution in [2.75, 3.05) is 13.1 Å². The summed E-state index contributed by atoms with van der Waals surface area (Å²) in [7, 11) is 0. The number of rotatable bonds is 1. The van der Waals surface area contributed by atoms with Gasteiger partial charge in [0.1, 0.15) is 5.69 Å². The first kappa shape index (κ1) is 12.1. The number of amides is 1. The van der Waals surface area contributed by atoms with E-state index >= 15 is 0 Å². The summed E-state index contributed by atoms with van der Waals surface area (Å²) in [6.45, 7) is 9.08. The lowest BCUT2D eigenvalue weighted by molar-refractivity contribution is -0.118. The Morgan fingerprint density at radius 1 is 1.65 bits per heavy atom. The summed E-state index contributed by atoms with van der Waals surface area (Å²) in [5, 5.41) is 6.80. The van der Waals surface area contributed by atoms with E-state index < -0.39 is 0 Å². The van der Waals surface area contributed by atoms with Gasteiger partial charge in [-0.2, -0.15) is 5.10 Å². The fourth-order valence-electron chi connectivity index (χ4n) is 2.30. The maximum absolute atomic E-state index is 12.2. The van der Waals surface area contributed by atoms with Crippen molar-refractivity contribution < 1.29 is 9.53 Å². The van der Waals surface area contributed by atoms with E-state index in [9.17, 15) is 4.79 Å².